The molecule has 0 amide bonds. The summed E-state index contributed by atoms with van der Waals surface area (Å²) in [5.74, 6) is 0. The van der Waals surface area contributed by atoms with Crippen LogP contribution in [0.2, 0.25) is 0 Å². The van der Waals surface area contributed by atoms with Crippen molar-refractivity contribution in [2.45, 2.75) is 0 Å². The van der Waals surface area contributed by atoms with Gasteiger partial charge in [-0.05, 0) is 12.1 Å². The van der Waals surface area contributed by atoms with E-state index in [-0.39, 0.29) is 39.0 Å². The standard InChI is InChI=1S/C11H9N.2Ru/c1-2-6-10(7-3-1)11-8-4-5-9-12-11;;/h1-9H;;. The van der Waals surface area contributed by atoms with E-state index < -0.39 is 0 Å². The quantitative estimate of drug-likeness (QED) is 0.716. The van der Waals surface area contributed by atoms with Crippen LogP contribution < -0.4 is 0 Å². The van der Waals surface area contributed by atoms with Gasteiger partial charge in [0.1, 0.15) is 0 Å². The molecule has 0 aliphatic carbocycles. The number of aromatic nitrogens is 1. The van der Waals surface area contributed by atoms with Crippen LogP contribution >= 0.6 is 0 Å². The summed E-state index contributed by atoms with van der Waals surface area (Å²) in [5.41, 5.74) is 2.19. The molecule has 0 aliphatic rings. The van der Waals surface area contributed by atoms with Crippen LogP contribution in [-0.4, -0.2) is 4.98 Å². The summed E-state index contributed by atoms with van der Waals surface area (Å²) in [6, 6.07) is 16.1. The van der Waals surface area contributed by atoms with Crippen LogP contribution in [0.1, 0.15) is 0 Å². The molecule has 14 heavy (non-hydrogen) atoms. The summed E-state index contributed by atoms with van der Waals surface area (Å²) in [4.78, 5) is 4.25. The average molecular weight is 357 g/mol. The Kier molecular flexibility index (Phi) is 6.79. The van der Waals surface area contributed by atoms with E-state index in [1.807, 2.05) is 42.6 Å². The van der Waals surface area contributed by atoms with Crippen molar-refractivity contribution in [3.63, 3.8) is 0 Å². The smallest absolute Gasteiger partial charge is 0.0701 e. The van der Waals surface area contributed by atoms with Crippen LogP contribution in [0.4, 0.5) is 0 Å². The zero-order valence-corrected chi connectivity index (χ0v) is 10.8. The Bertz CT molecular complexity index is 311. The van der Waals surface area contributed by atoms with E-state index in [9.17, 15) is 0 Å². The van der Waals surface area contributed by atoms with Gasteiger partial charge in [0.15, 0.2) is 0 Å². The van der Waals surface area contributed by atoms with Crippen molar-refractivity contribution in [3.05, 3.63) is 54.7 Å². The summed E-state index contributed by atoms with van der Waals surface area (Å²) in [6.07, 6.45) is 1.81. The number of pyridine rings is 1. The van der Waals surface area contributed by atoms with E-state index in [2.05, 4.69) is 17.1 Å². The van der Waals surface area contributed by atoms with Gasteiger partial charge < -0.3 is 0 Å². The number of benzene rings is 1. The Morgan fingerprint density at radius 1 is 0.714 bits per heavy atom. The molecule has 0 atom stereocenters. The normalized spacial score (nSPS) is 8.29. The fourth-order valence-electron chi connectivity index (χ4n) is 1.14. The molecule has 2 aromatic rings. The zero-order valence-electron chi connectivity index (χ0n) is 7.35. The molecule has 2 rings (SSSR count). The van der Waals surface area contributed by atoms with Gasteiger partial charge in [-0.25, -0.2) is 0 Å². The van der Waals surface area contributed by atoms with Gasteiger partial charge in [0, 0.05) is 50.7 Å². The number of rotatable bonds is 1. The second-order valence-corrected chi connectivity index (χ2v) is 2.58. The minimum absolute atomic E-state index is 0. The predicted octanol–water partition coefficient (Wildman–Crippen LogP) is 2.74. The molecule has 1 aromatic heterocycles. The predicted molar refractivity (Wildman–Crippen MR) is 49.7 cm³/mol. The fourth-order valence-corrected chi connectivity index (χ4v) is 1.14. The summed E-state index contributed by atoms with van der Waals surface area (Å²) in [5, 5.41) is 0. The molecule has 0 bridgehead atoms. The topological polar surface area (TPSA) is 12.9 Å². The van der Waals surface area contributed by atoms with Crippen LogP contribution in [0.3, 0.4) is 0 Å². The monoisotopic (exact) mass is 359 g/mol. The van der Waals surface area contributed by atoms with Crippen LogP contribution in [0.5, 0.6) is 0 Å². The Hall–Kier alpha value is -0.383. The third-order valence-electron chi connectivity index (χ3n) is 1.73. The minimum Gasteiger partial charge on any atom is -0.256 e. The third-order valence-corrected chi connectivity index (χ3v) is 1.73. The molecule has 0 fully saturated rings. The maximum atomic E-state index is 4.25. The molecule has 0 aliphatic heterocycles. The van der Waals surface area contributed by atoms with Gasteiger partial charge in [-0.1, -0.05) is 36.4 Å². The maximum absolute atomic E-state index is 4.25. The molecule has 0 N–H and O–H groups in total. The van der Waals surface area contributed by atoms with Gasteiger partial charge in [-0.3, -0.25) is 4.98 Å². The first kappa shape index (κ1) is 13.6. The van der Waals surface area contributed by atoms with Crippen LogP contribution in [0.25, 0.3) is 11.3 Å². The summed E-state index contributed by atoms with van der Waals surface area (Å²) < 4.78 is 0. The van der Waals surface area contributed by atoms with Gasteiger partial charge in [0.25, 0.3) is 0 Å². The van der Waals surface area contributed by atoms with Crippen LogP contribution in [-0.2, 0) is 39.0 Å². The number of hydrogen-bond donors (Lipinski definition) is 0. The van der Waals surface area contributed by atoms with Crippen molar-refractivity contribution >= 4 is 0 Å². The van der Waals surface area contributed by atoms with E-state index >= 15 is 0 Å². The molecule has 3 heteroatoms. The van der Waals surface area contributed by atoms with Crippen molar-refractivity contribution in [2.24, 2.45) is 0 Å². The Morgan fingerprint density at radius 2 is 1.36 bits per heavy atom. The van der Waals surface area contributed by atoms with E-state index in [1.54, 1.807) is 0 Å². The average Bonchev–Trinajstić information content (AvgIpc) is 2.21. The first-order valence-corrected chi connectivity index (χ1v) is 3.93. The molecular weight excluding hydrogens is 348 g/mol. The summed E-state index contributed by atoms with van der Waals surface area (Å²) in [7, 11) is 0. The molecule has 74 valence electrons. The van der Waals surface area contributed by atoms with Crippen molar-refractivity contribution in [1.82, 2.24) is 4.98 Å². The van der Waals surface area contributed by atoms with Gasteiger partial charge in [-0.2, -0.15) is 0 Å². The number of hydrogen-bond acceptors (Lipinski definition) is 1. The molecule has 1 aromatic carbocycles. The van der Waals surface area contributed by atoms with Crippen LogP contribution in [0, 0.1) is 0 Å². The van der Waals surface area contributed by atoms with Crippen molar-refractivity contribution < 1.29 is 39.0 Å². The van der Waals surface area contributed by atoms with Crippen molar-refractivity contribution in [2.75, 3.05) is 0 Å². The minimum atomic E-state index is 0. The molecular formula is C11H9NRu2. The number of nitrogens with zero attached hydrogens (tertiary/aromatic N) is 1. The summed E-state index contributed by atoms with van der Waals surface area (Å²) in [6.45, 7) is 0. The molecule has 0 saturated carbocycles. The largest absolute Gasteiger partial charge is 0.256 e. The van der Waals surface area contributed by atoms with Gasteiger partial charge >= 0.3 is 0 Å². The van der Waals surface area contributed by atoms with Gasteiger partial charge in [0.05, 0.1) is 5.69 Å². The second-order valence-electron chi connectivity index (χ2n) is 2.58. The van der Waals surface area contributed by atoms with Gasteiger partial charge in [0.2, 0.25) is 0 Å². The zero-order chi connectivity index (χ0) is 8.23. The fraction of sp³-hybridized carbons (Fsp3) is 0. The first-order valence-electron chi connectivity index (χ1n) is 3.93. The molecule has 0 spiro atoms. The molecule has 0 radical (unpaired) electrons. The van der Waals surface area contributed by atoms with Crippen LogP contribution in [0.15, 0.2) is 54.7 Å². The molecule has 0 saturated heterocycles. The molecule has 0 unspecified atom stereocenters. The van der Waals surface area contributed by atoms with E-state index in [0.717, 1.165) is 11.3 Å². The SMILES string of the molecule is [Ru].[Ru].c1ccc(-c2ccccn2)cc1. The third kappa shape index (κ3) is 3.40. The molecule has 1 heterocycles. The van der Waals surface area contributed by atoms with Crippen molar-refractivity contribution in [1.29, 1.82) is 0 Å². The first-order chi connectivity index (χ1) is 5.97. The van der Waals surface area contributed by atoms with E-state index in [0.29, 0.717) is 0 Å². The Morgan fingerprint density at radius 3 is 1.93 bits per heavy atom. The summed E-state index contributed by atoms with van der Waals surface area (Å²) >= 11 is 0. The maximum Gasteiger partial charge on any atom is 0.0701 e. The second kappa shape index (κ2) is 6.98. The molecule has 1 nitrogen and oxygen atoms in total. The van der Waals surface area contributed by atoms with E-state index in [4.69, 9.17) is 0 Å². The van der Waals surface area contributed by atoms with E-state index in [1.165, 1.54) is 0 Å². The van der Waals surface area contributed by atoms with Crippen molar-refractivity contribution in [3.8, 4) is 11.3 Å². The Balaban J connectivity index is 0.000000845. The Labute approximate surface area is 109 Å². The van der Waals surface area contributed by atoms with Gasteiger partial charge in [-0.15, -0.1) is 0 Å².